The monoisotopic (exact) mass is 305 g/mol. The van der Waals surface area contributed by atoms with Crippen LogP contribution in [0.2, 0.25) is 5.02 Å². The van der Waals surface area contributed by atoms with Gasteiger partial charge in [0.05, 0.1) is 18.2 Å². The summed E-state index contributed by atoms with van der Waals surface area (Å²) in [5.74, 6) is 1.66. The lowest BCUT2D eigenvalue weighted by Crippen LogP contribution is -2.03. The molecule has 0 bridgehead atoms. The van der Waals surface area contributed by atoms with Gasteiger partial charge < -0.3 is 19.9 Å². The molecule has 2 N–H and O–H groups in total. The van der Waals surface area contributed by atoms with E-state index in [0.29, 0.717) is 24.8 Å². The third kappa shape index (κ3) is 3.16. The summed E-state index contributed by atoms with van der Waals surface area (Å²) in [6.07, 6.45) is 0.884. The molecule has 3 rings (SSSR count). The van der Waals surface area contributed by atoms with Gasteiger partial charge in [0, 0.05) is 24.2 Å². The van der Waals surface area contributed by atoms with E-state index in [9.17, 15) is 5.11 Å². The molecule has 0 saturated carbocycles. The molecule has 1 heterocycles. The number of hydrogen-bond acceptors (Lipinski definition) is 4. The molecule has 2 aromatic carbocycles. The van der Waals surface area contributed by atoms with Crippen LogP contribution in [0.5, 0.6) is 17.2 Å². The molecule has 0 amide bonds. The van der Waals surface area contributed by atoms with Crippen molar-refractivity contribution in [3.63, 3.8) is 0 Å². The Labute approximate surface area is 128 Å². The molecular weight excluding hydrogens is 290 g/mol. The molecule has 21 heavy (non-hydrogen) atoms. The van der Waals surface area contributed by atoms with Crippen molar-refractivity contribution in [1.29, 1.82) is 0 Å². The summed E-state index contributed by atoms with van der Waals surface area (Å²) in [4.78, 5) is 0. The number of hydrogen-bond donors (Lipinski definition) is 2. The highest BCUT2D eigenvalue weighted by Crippen LogP contribution is 2.34. The van der Waals surface area contributed by atoms with Crippen molar-refractivity contribution in [3.8, 4) is 17.2 Å². The van der Waals surface area contributed by atoms with Crippen molar-refractivity contribution in [2.24, 2.45) is 0 Å². The predicted molar refractivity (Wildman–Crippen MR) is 82.5 cm³/mol. The number of fused-ring (bicyclic) bond motifs is 1. The number of phenols is 1. The first kappa shape index (κ1) is 13.9. The van der Waals surface area contributed by atoms with Gasteiger partial charge in [-0.15, -0.1) is 0 Å². The highest BCUT2D eigenvalue weighted by molar-refractivity contribution is 6.32. The van der Waals surface area contributed by atoms with E-state index in [1.54, 1.807) is 18.2 Å². The molecule has 1 aliphatic rings. The van der Waals surface area contributed by atoms with Crippen LogP contribution in [0.4, 0.5) is 5.69 Å². The Morgan fingerprint density at radius 3 is 2.86 bits per heavy atom. The fraction of sp³-hybridized carbons (Fsp3) is 0.250. The quantitative estimate of drug-likeness (QED) is 0.847. The Balaban J connectivity index is 1.77. The number of halogens is 1. The van der Waals surface area contributed by atoms with Gasteiger partial charge in [-0.25, -0.2) is 0 Å². The molecule has 0 aromatic heterocycles. The Bertz CT molecular complexity index is 645. The molecule has 0 radical (unpaired) electrons. The lowest BCUT2D eigenvalue weighted by molar-refractivity contribution is 0.296. The van der Waals surface area contributed by atoms with E-state index in [1.165, 1.54) is 0 Å². The van der Waals surface area contributed by atoms with Crippen LogP contribution in [-0.2, 0) is 6.54 Å². The third-order valence-electron chi connectivity index (χ3n) is 3.28. The maximum atomic E-state index is 9.42. The van der Waals surface area contributed by atoms with Crippen LogP contribution in [-0.4, -0.2) is 18.3 Å². The summed E-state index contributed by atoms with van der Waals surface area (Å²) in [5.41, 5.74) is 1.86. The smallest absolute Gasteiger partial charge is 0.166 e. The van der Waals surface area contributed by atoms with Gasteiger partial charge in [-0.2, -0.15) is 0 Å². The number of ether oxygens (including phenoxy) is 2. The molecule has 1 aliphatic heterocycles. The minimum Gasteiger partial charge on any atom is -0.506 e. The maximum absolute atomic E-state index is 9.42. The second-order valence-corrected chi connectivity index (χ2v) is 5.22. The molecule has 0 atom stereocenters. The lowest BCUT2D eigenvalue weighted by atomic mass is 10.1. The van der Waals surface area contributed by atoms with Gasteiger partial charge in [0.25, 0.3) is 0 Å². The van der Waals surface area contributed by atoms with Crippen molar-refractivity contribution < 1.29 is 14.6 Å². The van der Waals surface area contributed by atoms with Crippen molar-refractivity contribution in [2.75, 3.05) is 18.5 Å². The van der Waals surface area contributed by atoms with Crippen LogP contribution in [0.25, 0.3) is 0 Å². The summed E-state index contributed by atoms with van der Waals surface area (Å²) in [5, 5.41) is 13.0. The number of para-hydroxylation sites is 1. The van der Waals surface area contributed by atoms with Crippen LogP contribution in [0.1, 0.15) is 12.0 Å². The molecule has 110 valence electrons. The van der Waals surface area contributed by atoms with E-state index in [0.717, 1.165) is 29.2 Å². The van der Waals surface area contributed by atoms with Crippen LogP contribution in [0.15, 0.2) is 36.4 Å². The molecule has 2 aromatic rings. The van der Waals surface area contributed by atoms with Gasteiger partial charge in [-0.1, -0.05) is 23.7 Å². The molecule has 4 nitrogen and oxygen atoms in total. The lowest BCUT2D eigenvalue weighted by Gasteiger charge is -2.14. The average molecular weight is 306 g/mol. The molecule has 0 spiro atoms. The second kappa shape index (κ2) is 6.14. The van der Waals surface area contributed by atoms with E-state index < -0.39 is 0 Å². The molecule has 0 aliphatic carbocycles. The van der Waals surface area contributed by atoms with Crippen LogP contribution < -0.4 is 14.8 Å². The summed E-state index contributed by atoms with van der Waals surface area (Å²) >= 11 is 5.90. The van der Waals surface area contributed by atoms with Crippen molar-refractivity contribution in [2.45, 2.75) is 13.0 Å². The topological polar surface area (TPSA) is 50.7 Å². The Hall–Kier alpha value is -2.07. The van der Waals surface area contributed by atoms with Gasteiger partial charge in [0.1, 0.15) is 5.75 Å². The molecule has 0 saturated heterocycles. The van der Waals surface area contributed by atoms with Crippen molar-refractivity contribution in [1.82, 2.24) is 0 Å². The standard InChI is InChI=1S/C16H16ClNO3/c17-13-9-12(5-6-14(13)19)18-10-11-3-1-4-15-16(11)21-8-2-7-20-15/h1,3-6,9,18-19H,2,7-8,10H2. The summed E-state index contributed by atoms with van der Waals surface area (Å²) in [7, 11) is 0. The average Bonchev–Trinajstić information content (AvgIpc) is 2.74. The number of rotatable bonds is 3. The minimum absolute atomic E-state index is 0.0764. The zero-order chi connectivity index (χ0) is 14.7. The zero-order valence-electron chi connectivity index (χ0n) is 11.4. The van der Waals surface area contributed by atoms with Crippen LogP contribution >= 0.6 is 11.6 Å². The first-order chi connectivity index (χ1) is 10.2. The Kier molecular flexibility index (Phi) is 4.06. The van der Waals surface area contributed by atoms with E-state index in [4.69, 9.17) is 21.1 Å². The van der Waals surface area contributed by atoms with Gasteiger partial charge in [-0.05, 0) is 24.3 Å². The van der Waals surface area contributed by atoms with Gasteiger partial charge in [-0.3, -0.25) is 0 Å². The number of benzene rings is 2. The second-order valence-electron chi connectivity index (χ2n) is 4.81. The molecule has 0 fully saturated rings. The summed E-state index contributed by atoms with van der Waals surface area (Å²) < 4.78 is 11.4. The van der Waals surface area contributed by atoms with Crippen molar-refractivity contribution in [3.05, 3.63) is 47.0 Å². The third-order valence-corrected chi connectivity index (χ3v) is 3.59. The first-order valence-corrected chi connectivity index (χ1v) is 7.22. The maximum Gasteiger partial charge on any atom is 0.166 e. The minimum atomic E-state index is 0.0764. The Morgan fingerprint density at radius 2 is 2.00 bits per heavy atom. The molecular formula is C16H16ClNO3. The van der Waals surface area contributed by atoms with E-state index >= 15 is 0 Å². The highest BCUT2D eigenvalue weighted by Gasteiger charge is 2.14. The number of anilines is 1. The number of phenolic OH excluding ortho intramolecular Hbond substituents is 1. The summed E-state index contributed by atoms with van der Waals surface area (Å²) in [6.45, 7) is 1.93. The number of aromatic hydroxyl groups is 1. The molecule has 0 unspecified atom stereocenters. The SMILES string of the molecule is Oc1ccc(NCc2cccc3c2OCCCO3)cc1Cl. The number of nitrogens with one attached hydrogen (secondary N) is 1. The predicted octanol–water partition coefficient (Wildman–Crippen LogP) is 3.82. The van der Waals surface area contributed by atoms with Gasteiger partial charge in [0.2, 0.25) is 0 Å². The van der Waals surface area contributed by atoms with Gasteiger partial charge in [0.15, 0.2) is 11.5 Å². The van der Waals surface area contributed by atoms with Crippen LogP contribution in [0.3, 0.4) is 0 Å². The molecule has 5 heteroatoms. The highest BCUT2D eigenvalue weighted by atomic mass is 35.5. The Morgan fingerprint density at radius 1 is 1.14 bits per heavy atom. The van der Waals surface area contributed by atoms with E-state index in [-0.39, 0.29) is 5.75 Å². The van der Waals surface area contributed by atoms with E-state index in [1.807, 2.05) is 18.2 Å². The fourth-order valence-corrected chi connectivity index (χ4v) is 2.39. The van der Waals surface area contributed by atoms with E-state index in [2.05, 4.69) is 5.32 Å². The van der Waals surface area contributed by atoms with Gasteiger partial charge >= 0.3 is 0 Å². The van der Waals surface area contributed by atoms with Crippen molar-refractivity contribution >= 4 is 17.3 Å². The normalized spacial score (nSPS) is 13.6. The van der Waals surface area contributed by atoms with Crippen LogP contribution in [0, 0.1) is 0 Å². The first-order valence-electron chi connectivity index (χ1n) is 6.84. The fourth-order valence-electron chi connectivity index (χ4n) is 2.21. The zero-order valence-corrected chi connectivity index (χ0v) is 12.2. The summed E-state index contributed by atoms with van der Waals surface area (Å²) in [6, 6.07) is 10.9. The largest absolute Gasteiger partial charge is 0.506 e.